The number of nitrogens with one attached hydrogen (secondary N) is 1. The minimum atomic E-state index is 0.218. The van der Waals surface area contributed by atoms with E-state index in [0.29, 0.717) is 13.2 Å². The lowest BCUT2D eigenvalue weighted by atomic mass is 10.4. The summed E-state index contributed by atoms with van der Waals surface area (Å²) in [5.41, 5.74) is 0. The van der Waals surface area contributed by atoms with Gasteiger partial charge in [-0.05, 0) is 26.9 Å². The van der Waals surface area contributed by atoms with Gasteiger partial charge in [-0.1, -0.05) is 0 Å². The number of hydrogen-bond acceptors (Lipinski definition) is 4. The van der Waals surface area contributed by atoms with Crippen molar-refractivity contribution in [1.29, 1.82) is 0 Å². The van der Waals surface area contributed by atoms with E-state index in [1.807, 2.05) is 19.0 Å². The highest BCUT2D eigenvalue weighted by Crippen LogP contribution is 2.06. The Bertz CT molecular complexity index is 216. The van der Waals surface area contributed by atoms with E-state index in [0.717, 1.165) is 45.6 Å². The Labute approximate surface area is 104 Å². The molecule has 1 heterocycles. The zero-order valence-electron chi connectivity index (χ0n) is 11.1. The van der Waals surface area contributed by atoms with E-state index < -0.39 is 0 Å². The van der Waals surface area contributed by atoms with Crippen LogP contribution in [0.2, 0.25) is 0 Å². The first-order chi connectivity index (χ1) is 8.20. The Kier molecular flexibility index (Phi) is 7.16. The molecule has 5 heteroatoms. The van der Waals surface area contributed by atoms with Crippen LogP contribution in [0, 0.1) is 0 Å². The maximum atomic E-state index is 11.6. The summed E-state index contributed by atoms with van der Waals surface area (Å²) in [5.74, 6) is 0.218. The molecule has 0 unspecified atom stereocenters. The molecule has 0 aliphatic carbocycles. The molecule has 5 nitrogen and oxygen atoms in total. The Morgan fingerprint density at radius 1 is 1.29 bits per heavy atom. The summed E-state index contributed by atoms with van der Waals surface area (Å²) in [7, 11) is 4.05. The van der Waals surface area contributed by atoms with Gasteiger partial charge in [0.15, 0.2) is 0 Å². The maximum absolute atomic E-state index is 11.6. The fourth-order valence-corrected chi connectivity index (χ4v) is 1.77. The van der Waals surface area contributed by atoms with Crippen molar-refractivity contribution in [3.63, 3.8) is 0 Å². The van der Waals surface area contributed by atoms with Gasteiger partial charge in [-0.25, -0.2) is 0 Å². The summed E-state index contributed by atoms with van der Waals surface area (Å²) < 4.78 is 5.42. The van der Waals surface area contributed by atoms with Crippen molar-refractivity contribution in [3.05, 3.63) is 0 Å². The highest BCUT2D eigenvalue weighted by atomic mass is 16.5. The SMILES string of the molecule is CN(C)CCOCCNCC(=O)N1CCCC1. The topological polar surface area (TPSA) is 44.8 Å². The van der Waals surface area contributed by atoms with E-state index >= 15 is 0 Å². The van der Waals surface area contributed by atoms with E-state index in [1.165, 1.54) is 0 Å². The molecule has 1 amide bonds. The molecule has 1 fully saturated rings. The smallest absolute Gasteiger partial charge is 0.236 e. The molecule has 0 aromatic carbocycles. The van der Waals surface area contributed by atoms with E-state index in [9.17, 15) is 4.79 Å². The first kappa shape index (κ1) is 14.4. The standard InChI is InChI=1S/C12H25N3O2/c1-14(2)8-10-17-9-5-13-11-12(16)15-6-3-4-7-15/h13H,3-11H2,1-2H3. The fraction of sp³-hybridized carbons (Fsp3) is 0.917. The normalized spacial score (nSPS) is 15.8. The summed E-state index contributed by atoms with van der Waals surface area (Å²) in [6, 6.07) is 0. The number of hydrogen-bond donors (Lipinski definition) is 1. The fourth-order valence-electron chi connectivity index (χ4n) is 1.77. The quantitative estimate of drug-likeness (QED) is 0.599. The monoisotopic (exact) mass is 243 g/mol. The van der Waals surface area contributed by atoms with Gasteiger partial charge in [0.05, 0.1) is 19.8 Å². The number of likely N-dealkylation sites (N-methyl/N-ethyl adjacent to an activating group) is 1. The van der Waals surface area contributed by atoms with E-state index in [-0.39, 0.29) is 5.91 Å². The summed E-state index contributed by atoms with van der Waals surface area (Å²) in [6.45, 7) is 5.40. The average Bonchev–Trinajstić information content (AvgIpc) is 2.80. The average molecular weight is 243 g/mol. The van der Waals surface area contributed by atoms with Crippen LogP contribution >= 0.6 is 0 Å². The molecule has 0 atom stereocenters. The minimum Gasteiger partial charge on any atom is -0.379 e. The highest BCUT2D eigenvalue weighted by Gasteiger charge is 2.16. The molecule has 17 heavy (non-hydrogen) atoms. The molecule has 1 aliphatic rings. The predicted molar refractivity (Wildman–Crippen MR) is 68.1 cm³/mol. The lowest BCUT2D eigenvalue weighted by Gasteiger charge is -2.15. The molecular formula is C12H25N3O2. The van der Waals surface area contributed by atoms with Crippen molar-refractivity contribution in [1.82, 2.24) is 15.1 Å². The second kappa shape index (κ2) is 8.44. The molecule has 1 rings (SSSR count). The molecule has 1 saturated heterocycles. The Balaban J connectivity index is 1.88. The summed E-state index contributed by atoms with van der Waals surface area (Å²) in [6.07, 6.45) is 2.30. The third-order valence-corrected chi connectivity index (χ3v) is 2.84. The van der Waals surface area contributed by atoms with Crippen molar-refractivity contribution in [2.45, 2.75) is 12.8 Å². The van der Waals surface area contributed by atoms with Crippen molar-refractivity contribution >= 4 is 5.91 Å². The van der Waals surface area contributed by atoms with Gasteiger partial charge in [-0.3, -0.25) is 4.79 Å². The lowest BCUT2D eigenvalue weighted by Crippen LogP contribution is -2.37. The number of carbonyl (C=O) groups excluding carboxylic acids is 1. The van der Waals surface area contributed by atoms with Crippen LogP contribution in [0.4, 0.5) is 0 Å². The molecule has 0 saturated carbocycles. The van der Waals surface area contributed by atoms with Crippen molar-refractivity contribution in [3.8, 4) is 0 Å². The van der Waals surface area contributed by atoms with Crippen LogP contribution in [-0.2, 0) is 9.53 Å². The van der Waals surface area contributed by atoms with Gasteiger partial charge in [0.2, 0.25) is 5.91 Å². The Hall–Kier alpha value is -0.650. The summed E-state index contributed by atoms with van der Waals surface area (Å²) in [4.78, 5) is 15.7. The molecule has 0 aromatic heterocycles. The van der Waals surface area contributed by atoms with Gasteiger partial charge >= 0.3 is 0 Å². The molecule has 1 N–H and O–H groups in total. The summed E-state index contributed by atoms with van der Waals surface area (Å²) >= 11 is 0. The van der Waals surface area contributed by atoms with Crippen LogP contribution in [0.5, 0.6) is 0 Å². The van der Waals surface area contributed by atoms with Crippen LogP contribution in [0.25, 0.3) is 0 Å². The maximum Gasteiger partial charge on any atom is 0.236 e. The molecule has 0 aromatic rings. The van der Waals surface area contributed by atoms with E-state index in [1.54, 1.807) is 0 Å². The second-order valence-corrected chi connectivity index (χ2v) is 4.68. The van der Waals surface area contributed by atoms with Gasteiger partial charge < -0.3 is 19.9 Å². The van der Waals surface area contributed by atoms with Gasteiger partial charge in [0.1, 0.15) is 0 Å². The second-order valence-electron chi connectivity index (χ2n) is 4.68. The number of likely N-dealkylation sites (tertiary alicyclic amines) is 1. The Morgan fingerprint density at radius 2 is 2.00 bits per heavy atom. The number of amides is 1. The van der Waals surface area contributed by atoms with Crippen LogP contribution in [0.15, 0.2) is 0 Å². The third-order valence-electron chi connectivity index (χ3n) is 2.84. The molecule has 0 radical (unpaired) electrons. The number of rotatable bonds is 8. The van der Waals surface area contributed by atoms with Crippen LogP contribution in [-0.4, -0.2) is 75.7 Å². The number of ether oxygens (including phenoxy) is 1. The van der Waals surface area contributed by atoms with Crippen LogP contribution in [0.3, 0.4) is 0 Å². The molecule has 100 valence electrons. The van der Waals surface area contributed by atoms with Gasteiger partial charge in [-0.2, -0.15) is 0 Å². The number of nitrogens with zero attached hydrogens (tertiary/aromatic N) is 2. The van der Waals surface area contributed by atoms with Gasteiger partial charge in [0, 0.05) is 26.2 Å². The van der Waals surface area contributed by atoms with E-state index in [4.69, 9.17) is 4.74 Å². The molecular weight excluding hydrogens is 218 g/mol. The van der Waals surface area contributed by atoms with Crippen molar-refractivity contribution in [2.75, 3.05) is 60.0 Å². The molecule has 0 spiro atoms. The molecule has 0 bridgehead atoms. The predicted octanol–water partition coefficient (Wildman–Crippen LogP) is -0.223. The first-order valence-electron chi connectivity index (χ1n) is 6.41. The highest BCUT2D eigenvalue weighted by molar-refractivity contribution is 5.78. The number of carbonyl (C=O) groups is 1. The van der Waals surface area contributed by atoms with Gasteiger partial charge in [-0.15, -0.1) is 0 Å². The van der Waals surface area contributed by atoms with Crippen molar-refractivity contribution in [2.24, 2.45) is 0 Å². The van der Waals surface area contributed by atoms with Crippen LogP contribution in [0.1, 0.15) is 12.8 Å². The van der Waals surface area contributed by atoms with Crippen LogP contribution < -0.4 is 5.32 Å². The third kappa shape index (κ3) is 6.61. The minimum absolute atomic E-state index is 0.218. The van der Waals surface area contributed by atoms with E-state index in [2.05, 4.69) is 10.2 Å². The van der Waals surface area contributed by atoms with Gasteiger partial charge in [0.25, 0.3) is 0 Å². The molecule has 1 aliphatic heterocycles. The zero-order chi connectivity index (χ0) is 12.5. The lowest BCUT2D eigenvalue weighted by molar-refractivity contribution is -0.129. The Morgan fingerprint density at radius 3 is 2.65 bits per heavy atom. The van der Waals surface area contributed by atoms with Crippen molar-refractivity contribution < 1.29 is 9.53 Å². The zero-order valence-corrected chi connectivity index (χ0v) is 11.1. The first-order valence-corrected chi connectivity index (χ1v) is 6.41. The summed E-state index contributed by atoms with van der Waals surface area (Å²) in [5, 5.41) is 3.12. The largest absolute Gasteiger partial charge is 0.379 e.